The van der Waals surface area contributed by atoms with Gasteiger partial charge in [-0.05, 0) is 25.8 Å². The Kier molecular flexibility index (Phi) is 4.76. The van der Waals surface area contributed by atoms with Crippen molar-refractivity contribution in [1.29, 1.82) is 0 Å². The summed E-state index contributed by atoms with van der Waals surface area (Å²) in [6.07, 6.45) is 0.996. The lowest BCUT2D eigenvalue weighted by molar-refractivity contribution is 0.0442. The molecule has 0 unspecified atom stereocenters. The van der Waals surface area contributed by atoms with Crippen molar-refractivity contribution in [3.63, 3.8) is 0 Å². The predicted molar refractivity (Wildman–Crippen MR) is 92.0 cm³/mol. The SMILES string of the molecule is CCc1ccc(-c2nc(C)c(C(=O)OCc3cc(C)no3)s2)cc1. The Morgan fingerprint density at radius 3 is 2.62 bits per heavy atom. The van der Waals surface area contributed by atoms with Crippen LogP contribution in [0.2, 0.25) is 0 Å². The summed E-state index contributed by atoms with van der Waals surface area (Å²) < 4.78 is 10.3. The van der Waals surface area contributed by atoms with Gasteiger partial charge in [-0.3, -0.25) is 0 Å². The number of hydrogen-bond acceptors (Lipinski definition) is 6. The molecule has 6 heteroatoms. The molecule has 2 aromatic heterocycles. The fourth-order valence-corrected chi connectivity index (χ4v) is 3.24. The van der Waals surface area contributed by atoms with Gasteiger partial charge in [0.15, 0.2) is 12.4 Å². The van der Waals surface area contributed by atoms with E-state index in [9.17, 15) is 4.79 Å². The van der Waals surface area contributed by atoms with Crippen molar-refractivity contribution in [2.45, 2.75) is 33.8 Å². The maximum absolute atomic E-state index is 12.3. The highest BCUT2D eigenvalue weighted by Gasteiger charge is 2.18. The van der Waals surface area contributed by atoms with E-state index in [1.54, 1.807) is 6.07 Å². The molecular formula is C18H18N2O3S. The smallest absolute Gasteiger partial charge is 0.350 e. The summed E-state index contributed by atoms with van der Waals surface area (Å²) in [6.45, 7) is 5.82. The highest BCUT2D eigenvalue weighted by Crippen LogP contribution is 2.29. The normalized spacial score (nSPS) is 10.8. The van der Waals surface area contributed by atoms with Crippen LogP contribution in [0.5, 0.6) is 0 Å². The molecule has 0 radical (unpaired) electrons. The van der Waals surface area contributed by atoms with Crippen LogP contribution in [0, 0.1) is 13.8 Å². The molecule has 0 saturated heterocycles. The summed E-state index contributed by atoms with van der Waals surface area (Å²) in [4.78, 5) is 17.3. The predicted octanol–water partition coefficient (Wildman–Crippen LogP) is 4.33. The standard InChI is InChI=1S/C18H18N2O3S/c1-4-13-5-7-14(8-6-13)17-19-12(3)16(24-17)18(21)22-10-15-9-11(2)20-23-15/h5-9H,4,10H2,1-3H3. The maximum Gasteiger partial charge on any atom is 0.350 e. The van der Waals surface area contributed by atoms with E-state index in [0.717, 1.165) is 22.7 Å². The lowest BCUT2D eigenvalue weighted by atomic mass is 10.1. The second kappa shape index (κ2) is 6.97. The summed E-state index contributed by atoms with van der Waals surface area (Å²) in [5.74, 6) is 0.133. The first-order chi connectivity index (χ1) is 11.6. The van der Waals surface area contributed by atoms with Crippen LogP contribution in [0.1, 0.15) is 39.3 Å². The highest BCUT2D eigenvalue weighted by molar-refractivity contribution is 7.17. The van der Waals surface area contributed by atoms with Gasteiger partial charge in [-0.25, -0.2) is 9.78 Å². The van der Waals surface area contributed by atoms with Gasteiger partial charge in [0.1, 0.15) is 9.88 Å². The quantitative estimate of drug-likeness (QED) is 0.646. The third kappa shape index (κ3) is 3.54. The summed E-state index contributed by atoms with van der Waals surface area (Å²) >= 11 is 1.34. The molecule has 0 amide bonds. The minimum absolute atomic E-state index is 0.0670. The fourth-order valence-electron chi connectivity index (χ4n) is 2.28. The topological polar surface area (TPSA) is 65.2 Å². The first kappa shape index (κ1) is 16.4. The van der Waals surface area contributed by atoms with Gasteiger partial charge >= 0.3 is 5.97 Å². The van der Waals surface area contributed by atoms with Crippen molar-refractivity contribution in [1.82, 2.24) is 10.1 Å². The monoisotopic (exact) mass is 342 g/mol. The van der Waals surface area contributed by atoms with Gasteiger partial charge in [-0.2, -0.15) is 0 Å². The zero-order valence-corrected chi connectivity index (χ0v) is 14.6. The van der Waals surface area contributed by atoms with Crippen molar-refractivity contribution in [3.8, 4) is 10.6 Å². The van der Waals surface area contributed by atoms with E-state index in [1.165, 1.54) is 16.9 Å². The average molecular weight is 342 g/mol. The molecule has 0 aliphatic carbocycles. The lowest BCUT2D eigenvalue weighted by Gasteiger charge is -2.00. The van der Waals surface area contributed by atoms with Crippen LogP contribution in [-0.2, 0) is 17.8 Å². The number of carbonyl (C=O) groups is 1. The Bertz CT molecular complexity index is 850. The molecule has 3 aromatic rings. The zero-order valence-electron chi connectivity index (χ0n) is 13.8. The summed E-state index contributed by atoms with van der Waals surface area (Å²) in [5, 5.41) is 4.58. The lowest BCUT2D eigenvalue weighted by Crippen LogP contribution is -2.04. The minimum atomic E-state index is -0.393. The van der Waals surface area contributed by atoms with Crippen molar-refractivity contribution in [2.24, 2.45) is 0 Å². The van der Waals surface area contributed by atoms with E-state index in [4.69, 9.17) is 9.26 Å². The summed E-state index contributed by atoms with van der Waals surface area (Å²) in [7, 11) is 0. The molecule has 0 fully saturated rings. The molecule has 0 aliphatic heterocycles. The van der Waals surface area contributed by atoms with Crippen LogP contribution in [-0.4, -0.2) is 16.1 Å². The van der Waals surface area contributed by atoms with Crippen LogP contribution in [0.4, 0.5) is 0 Å². The first-order valence-corrected chi connectivity index (χ1v) is 8.54. The zero-order chi connectivity index (χ0) is 17.1. The number of aryl methyl sites for hydroxylation is 3. The molecule has 0 aliphatic rings. The highest BCUT2D eigenvalue weighted by atomic mass is 32.1. The van der Waals surface area contributed by atoms with Crippen LogP contribution in [0.15, 0.2) is 34.9 Å². The van der Waals surface area contributed by atoms with Crippen molar-refractivity contribution >= 4 is 17.3 Å². The Morgan fingerprint density at radius 2 is 2.00 bits per heavy atom. The number of carbonyl (C=O) groups excluding carboxylic acids is 1. The molecule has 0 bridgehead atoms. The van der Waals surface area contributed by atoms with E-state index in [-0.39, 0.29) is 6.61 Å². The Balaban J connectivity index is 1.73. The molecular weight excluding hydrogens is 324 g/mol. The second-order valence-corrected chi connectivity index (χ2v) is 6.49. The molecule has 24 heavy (non-hydrogen) atoms. The van der Waals surface area contributed by atoms with E-state index in [0.29, 0.717) is 16.3 Å². The largest absolute Gasteiger partial charge is 0.453 e. The Morgan fingerprint density at radius 1 is 1.25 bits per heavy atom. The number of benzene rings is 1. The van der Waals surface area contributed by atoms with Crippen LogP contribution >= 0.6 is 11.3 Å². The van der Waals surface area contributed by atoms with E-state index >= 15 is 0 Å². The number of esters is 1. The van der Waals surface area contributed by atoms with Crippen LogP contribution in [0.25, 0.3) is 10.6 Å². The minimum Gasteiger partial charge on any atom is -0.453 e. The molecule has 5 nitrogen and oxygen atoms in total. The van der Waals surface area contributed by atoms with Crippen LogP contribution < -0.4 is 0 Å². The molecule has 0 spiro atoms. The third-order valence-electron chi connectivity index (χ3n) is 3.61. The number of nitrogens with zero attached hydrogens (tertiary/aromatic N) is 2. The molecule has 0 saturated carbocycles. The second-order valence-electron chi connectivity index (χ2n) is 5.49. The van der Waals surface area contributed by atoms with E-state index < -0.39 is 5.97 Å². The third-order valence-corrected chi connectivity index (χ3v) is 4.80. The first-order valence-electron chi connectivity index (χ1n) is 7.73. The summed E-state index contributed by atoms with van der Waals surface area (Å²) in [6, 6.07) is 9.97. The van der Waals surface area contributed by atoms with Gasteiger partial charge in [0, 0.05) is 11.6 Å². The van der Waals surface area contributed by atoms with Gasteiger partial charge in [-0.15, -0.1) is 11.3 Å². The fraction of sp³-hybridized carbons (Fsp3) is 0.278. The van der Waals surface area contributed by atoms with Gasteiger partial charge < -0.3 is 9.26 Å². The van der Waals surface area contributed by atoms with Gasteiger partial charge in [0.05, 0.1) is 11.4 Å². The van der Waals surface area contributed by atoms with Gasteiger partial charge in [0.25, 0.3) is 0 Å². The molecule has 1 aromatic carbocycles. The molecule has 2 heterocycles. The number of aromatic nitrogens is 2. The number of ether oxygens (including phenoxy) is 1. The van der Waals surface area contributed by atoms with Crippen molar-refractivity contribution in [2.75, 3.05) is 0 Å². The molecule has 0 atom stereocenters. The van der Waals surface area contributed by atoms with Crippen molar-refractivity contribution in [3.05, 3.63) is 57.9 Å². The molecule has 124 valence electrons. The Hall–Kier alpha value is -2.47. The average Bonchev–Trinajstić information content (AvgIpc) is 3.18. The van der Waals surface area contributed by atoms with Gasteiger partial charge in [-0.1, -0.05) is 36.3 Å². The van der Waals surface area contributed by atoms with Gasteiger partial charge in [0.2, 0.25) is 0 Å². The molecule has 3 rings (SSSR count). The number of thiazole rings is 1. The summed E-state index contributed by atoms with van der Waals surface area (Å²) in [5.41, 5.74) is 3.71. The maximum atomic E-state index is 12.3. The Labute approximate surface area is 144 Å². The molecule has 0 N–H and O–H groups in total. The van der Waals surface area contributed by atoms with Crippen molar-refractivity contribution < 1.29 is 14.1 Å². The van der Waals surface area contributed by atoms with E-state index in [2.05, 4.69) is 29.2 Å². The number of hydrogen-bond donors (Lipinski definition) is 0. The number of rotatable bonds is 5. The van der Waals surface area contributed by atoms with E-state index in [1.807, 2.05) is 26.0 Å². The van der Waals surface area contributed by atoms with Crippen LogP contribution in [0.3, 0.4) is 0 Å².